The monoisotopic (exact) mass is 311 g/mol. The van der Waals surface area contributed by atoms with Crippen molar-refractivity contribution in [2.45, 2.75) is 58.1 Å². The van der Waals surface area contributed by atoms with Crippen molar-refractivity contribution in [1.82, 2.24) is 9.88 Å². The Bertz CT molecular complexity index is 528. The lowest BCUT2D eigenvalue weighted by Crippen LogP contribution is -2.27. The lowest BCUT2D eigenvalue weighted by atomic mass is 10.1. The molecule has 0 spiro atoms. The second kappa shape index (κ2) is 5.57. The van der Waals surface area contributed by atoms with Gasteiger partial charge in [-0.1, -0.05) is 6.92 Å². The summed E-state index contributed by atoms with van der Waals surface area (Å²) in [6.07, 6.45) is 1.95. The number of anilines is 1. The minimum absolute atomic E-state index is 0.247. The largest absolute Gasteiger partial charge is 0.444 e. The lowest BCUT2D eigenvalue weighted by molar-refractivity contribution is 0.0636. The number of aromatic nitrogens is 1. The summed E-state index contributed by atoms with van der Waals surface area (Å²) < 4.78 is 5.28. The number of hydrogen-bond donors (Lipinski definition) is 1. The van der Waals surface area contributed by atoms with E-state index in [1.165, 1.54) is 17.7 Å². The Balaban J connectivity index is 2.14. The fraction of sp³-hybridized carbons (Fsp3) is 0.733. The van der Waals surface area contributed by atoms with Crippen molar-refractivity contribution in [1.29, 1.82) is 0 Å². The van der Waals surface area contributed by atoms with Crippen molar-refractivity contribution < 1.29 is 9.53 Å². The summed E-state index contributed by atoms with van der Waals surface area (Å²) in [4.78, 5) is 19.8. The minimum atomic E-state index is -0.501. The first-order chi connectivity index (χ1) is 9.59. The number of amides is 1. The summed E-state index contributed by atoms with van der Waals surface area (Å²) in [5.74, 6) is 0. The molecule has 21 heavy (non-hydrogen) atoms. The number of thiazole rings is 1. The Morgan fingerprint density at radius 1 is 1.43 bits per heavy atom. The predicted molar refractivity (Wildman–Crippen MR) is 85.9 cm³/mol. The standard InChI is InChI=1S/C15H25N3O2S/c1-14(2,3)20-13(19)17-12-16-10(9-18(5)6)11(21-12)15(4)7-8-15/h7-9H2,1-6H3,(H,16,17,19). The van der Waals surface area contributed by atoms with E-state index in [1.807, 2.05) is 34.9 Å². The average Bonchev–Trinajstić information content (AvgIpc) is 2.88. The van der Waals surface area contributed by atoms with Crippen molar-refractivity contribution in [2.75, 3.05) is 19.4 Å². The molecule has 1 N–H and O–H groups in total. The molecule has 1 aliphatic carbocycles. The Hall–Kier alpha value is -1.14. The summed E-state index contributed by atoms with van der Waals surface area (Å²) in [7, 11) is 4.05. The predicted octanol–water partition coefficient (Wildman–Crippen LogP) is 3.60. The molecular formula is C15H25N3O2S. The maximum absolute atomic E-state index is 11.9. The molecule has 1 aromatic heterocycles. The quantitative estimate of drug-likeness (QED) is 0.923. The molecule has 1 amide bonds. The fourth-order valence-corrected chi connectivity index (χ4v) is 3.25. The van der Waals surface area contributed by atoms with Gasteiger partial charge in [-0.2, -0.15) is 0 Å². The van der Waals surface area contributed by atoms with Gasteiger partial charge in [-0.05, 0) is 47.7 Å². The smallest absolute Gasteiger partial charge is 0.413 e. The van der Waals surface area contributed by atoms with Crippen LogP contribution in [-0.4, -0.2) is 35.7 Å². The number of nitrogens with zero attached hydrogens (tertiary/aromatic N) is 2. The number of ether oxygens (including phenoxy) is 1. The van der Waals surface area contributed by atoms with Crippen molar-refractivity contribution in [2.24, 2.45) is 0 Å². The second-order valence-electron chi connectivity index (χ2n) is 7.22. The molecule has 0 aliphatic heterocycles. The zero-order chi connectivity index (χ0) is 15.8. The third kappa shape index (κ3) is 4.41. The van der Waals surface area contributed by atoms with Gasteiger partial charge >= 0.3 is 6.09 Å². The maximum atomic E-state index is 11.9. The van der Waals surface area contributed by atoms with Gasteiger partial charge < -0.3 is 9.64 Å². The highest BCUT2D eigenvalue weighted by Crippen LogP contribution is 2.51. The van der Waals surface area contributed by atoms with Crippen LogP contribution in [0.5, 0.6) is 0 Å². The van der Waals surface area contributed by atoms with Crippen LogP contribution in [0.1, 0.15) is 51.1 Å². The molecule has 6 heteroatoms. The number of nitrogens with one attached hydrogen (secondary N) is 1. The van der Waals surface area contributed by atoms with E-state index in [2.05, 4.69) is 22.1 Å². The molecular weight excluding hydrogens is 286 g/mol. The zero-order valence-electron chi connectivity index (χ0n) is 13.7. The third-order valence-electron chi connectivity index (χ3n) is 3.32. The van der Waals surface area contributed by atoms with Gasteiger partial charge in [0.1, 0.15) is 5.60 Å². The van der Waals surface area contributed by atoms with E-state index < -0.39 is 11.7 Å². The molecule has 1 aromatic rings. The first kappa shape index (κ1) is 16.2. The summed E-state index contributed by atoms with van der Waals surface area (Å²) in [5.41, 5.74) is 0.812. The molecule has 118 valence electrons. The van der Waals surface area contributed by atoms with Gasteiger partial charge in [-0.3, -0.25) is 5.32 Å². The molecule has 2 rings (SSSR count). The summed E-state index contributed by atoms with van der Waals surface area (Å²) >= 11 is 1.58. The van der Waals surface area contributed by atoms with Gasteiger partial charge in [0.25, 0.3) is 0 Å². The molecule has 0 atom stereocenters. The van der Waals surface area contributed by atoms with Crippen LogP contribution in [0.15, 0.2) is 0 Å². The number of rotatable bonds is 4. The summed E-state index contributed by atoms with van der Waals surface area (Å²) in [5, 5.41) is 3.39. The van der Waals surface area contributed by atoms with Gasteiger partial charge in [0, 0.05) is 16.8 Å². The number of carbonyl (C=O) groups is 1. The minimum Gasteiger partial charge on any atom is -0.444 e. The summed E-state index contributed by atoms with van der Waals surface area (Å²) in [6, 6.07) is 0. The molecule has 0 aromatic carbocycles. The van der Waals surface area contributed by atoms with Crippen LogP contribution < -0.4 is 5.32 Å². The fourth-order valence-electron chi connectivity index (χ4n) is 2.09. The average molecular weight is 311 g/mol. The van der Waals surface area contributed by atoms with E-state index >= 15 is 0 Å². The van der Waals surface area contributed by atoms with Crippen LogP contribution in [0.2, 0.25) is 0 Å². The molecule has 1 aliphatic rings. The van der Waals surface area contributed by atoms with Crippen LogP contribution in [0.25, 0.3) is 0 Å². The van der Waals surface area contributed by atoms with E-state index in [-0.39, 0.29) is 5.41 Å². The van der Waals surface area contributed by atoms with E-state index in [9.17, 15) is 4.79 Å². The van der Waals surface area contributed by atoms with Crippen LogP contribution in [0.3, 0.4) is 0 Å². The molecule has 0 bridgehead atoms. The van der Waals surface area contributed by atoms with E-state index in [4.69, 9.17) is 4.74 Å². The van der Waals surface area contributed by atoms with Crippen LogP contribution in [-0.2, 0) is 16.7 Å². The first-order valence-corrected chi connectivity index (χ1v) is 8.06. The normalized spacial score (nSPS) is 16.9. The van der Waals surface area contributed by atoms with Gasteiger partial charge in [-0.25, -0.2) is 9.78 Å². The number of hydrogen-bond acceptors (Lipinski definition) is 5. The van der Waals surface area contributed by atoms with Gasteiger partial charge in [0.2, 0.25) is 0 Å². The third-order valence-corrected chi connectivity index (χ3v) is 4.64. The second-order valence-corrected chi connectivity index (χ2v) is 8.22. The topological polar surface area (TPSA) is 54.5 Å². The molecule has 0 saturated heterocycles. The summed E-state index contributed by atoms with van der Waals surface area (Å²) in [6.45, 7) is 8.60. The van der Waals surface area contributed by atoms with Crippen molar-refractivity contribution in [3.63, 3.8) is 0 Å². The Morgan fingerprint density at radius 2 is 2.05 bits per heavy atom. The van der Waals surface area contributed by atoms with Crippen molar-refractivity contribution in [3.05, 3.63) is 10.6 Å². The number of carbonyl (C=O) groups excluding carboxylic acids is 1. The van der Waals surface area contributed by atoms with Crippen LogP contribution >= 0.6 is 11.3 Å². The molecule has 1 fully saturated rings. The van der Waals surface area contributed by atoms with Gasteiger partial charge in [-0.15, -0.1) is 11.3 Å². The van der Waals surface area contributed by atoms with E-state index in [1.54, 1.807) is 11.3 Å². The highest BCUT2D eigenvalue weighted by molar-refractivity contribution is 7.16. The Kier molecular flexibility index (Phi) is 4.31. The Morgan fingerprint density at radius 3 is 2.52 bits per heavy atom. The highest BCUT2D eigenvalue weighted by Gasteiger charge is 2.43. The molecule has 0 unspecified atom stereocenters. The molecule has 1 heterocycles. The highest BCUT2D eigenvalue weighted by atomic mass is 32.1. The van der Waals surface area contributed by atoms with Gasteiger partial charge in [0.15, 0.2) is 5.13 Å². The Labute approximate surface area is 130 Å². The SMILES string of the molecule is CN(C)Cc1nc(NC(=O)OC(C)(C)C)sc1C1(C)CC1. The van der Waals surface area contributed by atoms with E-state index in [0.29, 0.717) is 5.13 Å². The van der Waals surface area contributed by atoms with Crippen molar-refractivity contribution in [3.8, 4) is 0 Å². The zero-order valence-corrected chi connectivity index (χ0v) is 14.6. The van der Waals surface area contributed by atoms with E-state index in [0.717, 1.165) is 12.2 Å². The van der Waals surface area contributed by atoms with Gasteiger partial charge in [0.05, 0.1) is 5.69 Å². The van der Waals surface area contributed by atoms with Crippen LogP contribution in [0.4, 0.5) is 9.93 Å². The van der Waals surface area contributed by atoms with Crippen LogP contribution in [0, 0.1) is 0 Å². The molecule has 5 nitrogen and oxygen atoms in total. The lowest BCUT2D eigenvalue weighted by Gasteiger charge is -2.18. The molecule has 1 saturated carbocycles. The first-order valence-electron chi connectivity index (χ1n) is 7.24. The maximum Gasteiger partial charge on any atom is 0.413 e. The molecule has 0 radical (unpaired) electrons. The van der Waals surface area contributed by atoms with Crippen molar-refractivity contribution >= 4 is 22.6 Å².